The van der Waals surface area contributed by atoms with Crippen molar-refractivity contribution < 1.29 is 33.3 Å². The maximum absolute atomic E-state index is 13.7. The number of hydrogen-bond acceptors (Lipinski definition) is 8. The van der Waals surface area contributed by atoms with Crippen LogP contribution in [0.4, 0.5) is 4.79 Å². The summed E-state index contributed by atoms with van der Waals surface area (Å²) in [4.78, 5) is 45.4. The fraction of sp³-hybridized carbons (Fsp3) is 0.241. The molecule has 1 atom stereocenters. The molecule has 11 nitrogen and oxygen atoms in total. The third-order valence-electron chi connectivity index (χ3n) is 6.45. The normalized spacial score (nSPS) is 15.7. The van der Waals surface area contributed by atoms with Crippen LogP contribution in [0.25, 0.3) is 0 Å². The first-order valence-electron chi connectivity index (χ1n) is 12.7. The van der Waals surface area contributed by atoms with Crippen molar-refractivity contribution in [2.45, 2.75) is 19.5 Å². The summed E-state index contributed by atoms with van der Waals surface area (Å²) >= 11 is 0. The monoisotopic (exact) mass is 544 g/mol. The van der Waals surface area contributed by atoms with Crippen molar-refractivity contribution >= 4 is 17.9 Å². The van der Waals surface area contributed by atoms with Crippen molar-refractivity contribution in [3.05, 3.63) is 95.0 Å². The molecule has 0 unspecified atom stereocenters. The predicted octanol–water partition coefficient (Wildman–Crippen LogP) is 3.33. The summed E-state index contributed by atoms with van der Waals surface area (Å²) < 4.78 is 21.5. The number of hydrogen-bond donors (Lipinski definition) is 2. The number of carbonyl (C=O) groups excluding carboxylic acids is 3. The Morgan fingerprint density at radius 2 is 1.88 bits per heavy atom. The van der Waals surface area contributed by atoms with E-state index in [1.807, 2.05) is 6.07 Å². The van der Waals surface area contributed by atoms with Crippen molar-refractivity contribution in [3.63, 3.8) is 0 Å². The van der Waals surface area contributed by atoms with Crippen LogP contribution in [0, 0.1) is 0 Å². The van der Waals surface area contributed by atoms with Crippen LogP contribution in [0.2, 0.25) is 0 Å². The number of nitrogens with zero attached hydrogens (tertiary/aromatic N) is 2. The van der Waals surface area contributed by atoms with Gasteiger partial charge in [0.05, 0.1) is 43.1 Å². The Labute approximate surface area is 230 Å². The smallest absolute Gasteiger partial charge is 0.338 e. The van der Waals surface area contributed by atoms with Crippen LogP contribution in [-0.2, 0) is 16.1 Å². The standard InChI is InChI=1S/C29H28N4O7/c1-3-38-28(35)25-22(31-29(36)32-26(25)19-7-9-21(37-2)10-8-19)16-33(27(34)20-5-4-12-30-14-20)15-18-6-11-23-24(13-18)40-17-39-23/h4-14,26H,3,15-17H2,1-2H3,(H2,31,32,36)/t26-/m0/s1. The number of ether oxygens (including phenoxy) is 4. The number of fused-ring (bicyclic) bond motifs is 1. The summed E-state index contributed by atoms with van der Waals surface area (Å²) in [6, 6.07) is 14.4. The molecule has 0 fully saturated rings. The Morgan fingerprint density at radius 3 is 2.60 bits per heavy atom. The second kappa shape index (κ2) is 11.8. The maximum atomic E-state index is 13.7. The molecule has 11 heteroatoms. The minimum absolute atomic E-state index is 0.0869. The minimum Gasteiger partial charge on any atom is -0.497 e. The average molecular weight is 545 g/mol. The lowest BCUT2D eigenvalue weighted by atomic mass is 9.94. The minimum atomic E-state index is -0.811. The van der Waals surface area contributed by atoms with E-state index in [9.17, 15) is 14.4 Å². The van der Waals surface area contributed by atoms with Crippen LogP contribution in [0.3, 0.4) is 0 Å². The molecule has 0 saturated carbocycles. The molecule has 1 aromatic heterocycles. The SMILES string of the molecule is CCOC(=O)C1=C(CN(Cc2ccc3c(c2)OCO3)C(=O)c2cccnc2)NC(=O)N[C@H]1c1ccc(OC)cc1. The molecule has 3 aromatic rings. The van der Waals surface area contributed by atoms with Crippen LogP contribution in [0.5, 0.6) is 17.2 Å². The molecule has 0 radical (unpaired) electrons. The summed E-state index contributed by atoms with van der Waals surface area (Å²) in [6.45, 7) is 2.02. The quantitative estimate of drug-likeness (QED) is 0.393. The summed E-state index contributed by atoms with van der Waals surface area (Å²) in [5.74, 6) is 0.877. The first kappa shape index (κ1) is 26.5. The van der Waals surface area contributed by atoms with Gasteiger partial charge in [0.1, 0.15) is 5.75 Å². The molecule has 5 rings (SSSR count). The molecular formula is C29H28N4O7. The van der Waals surface area contributed by atoms with Gasteiger partial charge in [-0.15, -0.1) is 0 Å². The van der Waals surface area contributed by atoms with Crippen molar-refractivity contribution in [1.29, 1.82) is 0 Å². The topological polar surface area (TPSA) is 128 Å². The number of esters is 1. The molecule has 0 bridgehead atoms. The number of rotatable bonds is 9. The Bertz CT molecular complexity index is 1440. The molecule has 0 spiro atoms. The highest BCUT2D eigenvalue weighted by Gasteiger charge is 2.35. The largest absolute Gasteiger partial charge is 0.497 e. The lowest BCUT2D eigenvalue weighted by Crippen LogP contribution is -2.49. The number of urea groups is 1. The zero-order valence-electron chi connectivity index (χ0n) is 22.0. The number of nitrogens with one attached hydrogen (secondary N) is 2. The van der Waals surface area contributed by atoms with Gasteiger partial charge in [-0.25, -0.2) is 9.59 Å². The van der Waals surface area contributed by atoms with E-state index >= 15 is 0 Å². The van der Waals surface area contributed by atoms with Crippen molar-refractivity contribution in [2.24, 2.45) is 0 Å². The van der Waals surface area contributed by atoms with E-state index in [0.717, 1.165) is 5.56 Å². The lowest BCUT2D eigenvalue weighted by Gasteiger charge is -2.32. The van der Waals surface area contributed by atoms with Crippen molar-refractivity contribution in [2.75, 3.05) is 27.1 Å². The van der Waals surface area contributed by atoms with E-state index < -0.39 is 18.0 Å². The van der Waals surface area contributed by atoms with Crippen LogP contribution < -0.4 is 24.8 Å². The number of benzene rings is 2. The van der Waals surface area contributed by atoms with Gasteiger partial charge in [-0.05, 0) is 54.4 Å². The first-order chi connectivity index (χ1) is 19.5. The fourth-order valence-corrected chi connectivity index (χ4v) is 4.56. The van der Waals surface area contributed by atoms with E-state index in [1.165, 1.54) is 11.1 Å². The predicted molar refractivity (Wildman–Crippen MR) is 143 cm³/mol. The van der Waals surface area contributed by atoms with Gasteiger partial charge < -0.3 is 34.5 Å². The van der Waals surface area contributed by atoms with Crippen molar-refractivity contribution in [1.82, 2.24) is 20.5 Å². The molecule has 2 aromatic carbocycles. The van der Waals surface area contributed by atoms with Gasteiger partial charge in [-0.3, -0.25) is 9.78 Å². The van der Waals surface area contributed by atoms with Crippen LogP contribution in [-0.4, -0.2) is 54.8 Å². The molecule has 0 aliphatic carbocycles. The molecule has 206 valence electrons. The molecular weight excluding hydrogens is 516 g/mol. The Hall–Kier alpha value is -5.06. The third-order valence-corrected chi connectivity index (χ3v) is 6.45. The van der Waals surface area contributed by atoms with Crippen LogP contribution in [0.1, 0.15) is 34.5 Å². The van der Waals surface area contributed by atoms with Crippen molar-refractivity contribution in [3.8, 4) is 17.2 Å². The average Bonchev–Trinajstić information content (AvgIpc) is 3.45. The number of pyridine rings is 1. The number of carbonyl (C=O) groups is 3. The highest BCUT2D eigenvalue weighted by atomic mass is 16.7. The van der Waals surface area contributed by atoms with E-state index in [1.54, 1.807) is 68.8 Å². The van der Waals surface area contributed by atoms with E-state index in [2.05, 4.69) is 15.6 Å². The summed E-state index contributed by atoms with van der Waals surface area (Å²) in [5.41, 5.74) is 2.22. The molecule has 2 N–H and O–H groups in total. The van der Waals surface area contributed by atoms with Gasteiger partial charge in [0.25, 0.3) is 5.91 Å². The van der Waals surface area contributed by atoms with E-state index in [4.69, 9.17) is 18.9 Å². The molecule has 3 heterocycles. The van der Waals surface area contributed by atoms with Crippen LogP contribution in [0.15, 0.2) is 78.3 Å². The second-order valence-electron chi connectivity index (χ2n) is 9.01. The summed E-state index contributed by atoms with van der Waals surface area (Å²) in [7, 11) is 1.55. The van der Waals surface area contributed by atoms with Gasteiger partial charge in [0.2, 0.25) is 6.79 Å². The van der Waals surface area contributed by atoms with Crippen LogP contribution >= 0.6 is 0 Å². The maximum Gasteiger partial charge on any atom is 0.338 e. The second-order valence-corrected chi connectivity index (χ2v) is 9.01. The highest BCUT2D eigenvalue weighted by Crippen LogP contribution is 2.34. The van der Waals surface area contributed by atoms with Gasteiger partial charge in [0.15, 0.2) is 11.5 Å². The Balaban J connectivity index is 1.55. The van der Waals surface area contributed by atoms with Gasteiger partial charge in [0, 0.05) is 18.9 Å². The first-order valence-corrected chi connectivity index (χ1v) is 12.7. The highest BCUT2D eigenvalue weighted by molar-refractivity contribution is 5.97. The molecule has 2 aliphatic rings. The summed E-state index contributed by atoms with van der Waals surface area (Å²) in [6.07, 6.45) is 3.05. The molecule has 40 heavy (non-hydrogen) atoms. The van der Waals surface area contributed by atoms with E-state index in [-0.39, 0.29) is 43.7 Å². The number of methoxy groups -OCH3 is 1. The number of amides is 3. The lowest BCUT2D eigenvalue weighted by molar-refractivity contribution is -0.139. The Kier molecular flexibility index (Phi) is 7.81. The molecule has 2 aliphatic heterocycles. The summed E-state index contributed by atoms with van der Waals surface area (Å²) in [5, 5.41) is 5.55. The van der Waals surface area contributed by atoms with E-state index in [0.29, 0.717) is 28.4 Å². The fourth-order valence-electron chi connectivity index (χ4n) is 4.56. The zero-order chi connectivity index (χ0) is 28.1. The molecule has 3 amide bonds. The van der Waals surface area contributed by atoms with Gasteiger partial charge in [-0.1, -0.05) is 18.2 Å². The Morgan fingerprint density at radius 1 is 1.07 bits per heavy atom. The number of aromatic nitrogens is 1. The van der Waals surface area contributed by atoms with Gasteiger partial charge >= 0.3 is 12.0 Å². The zero-order valence-corrected chi connectivity index (χ0v) is 22.0. The third kappa shape index (κ3) is 5.68. The van der Waals surface area contributed by atoms with Gasteiger partial charge in [-0.2, -0.15) is 0 Å². The molecule has 0 saturated heterocycles.